The topological polar surface area (TPSA) is 129 Å². The summed E-state index contributed by atoms with van der Waals surface area (Å²) in [5.41, 5.74) is 1.62. The molecule has 0 spiro atoms. The Labute approximate surface area is 205 Å². The molecule has 1 aliphatic heterocycles. The molecule has 4 atom stereocenters. The van der Waals surface area contributed by atoms with Gasteiger partial charge in [-0.1, -0.05) is 13.3 Å². The van der Waals surface area contributed by atoms with Crippen molar-refractivity contribution in [3.05, 3.63) is 34.9 Å². The van der Waals surface area contributed by atoms with Crippen LogP contribution in [0.1, 0.15) is 56.1 Å². The van der Waals surface area contributed by atoms with Crippen molar-refractivity contribution in [3.8, 4) is 11.5 Å². The molecule has 4 N–H and O–H groups in total. The molecule has 1 heterocycles. The molecule has 35 heavy (non-hydrogen) atoms. The van der Waals surface area contributed by atoms with Gasteiger partial charge in [0.1, 0.15) is 12.2 Å². The highest BCUT2D eigenvalue weighted by molar-refractivity contribution is 5.96. The van der Waals surface area contributed by atoms with Gasteiger partial charge in [-0.05, 0) is 49.0 Å². The summed E-state index contributed by atoms with van der Waals surface area (Å²) in [6, 6.07) is 2.72. The third-order valence-electron chi connectivity index (χ3n) is 7.07. The number of amides is 2. The minimum atomic E-state index is -1.06. The number of aliphatic hydroxyl groups is 3. The van der Waals surface area contributed by atoms with Crippen molar-refractivity contribution < 1.29 is 34.4 Å². The Morgan fingerprint density at radius 1 is 1.26 bits per heavy atom. The molecule has 2 amide bonds. The Hall–Kier alpha value is -2.62. The van der Waals surface area contributed by atoms with Gasteiger partial charge in [-0.3, -0.25) is 9.59 Å². The number of unbranched alkanes of at least 4 members (excludes halogenated alkanes) is 1. The van der Waals surface area contributed by atoms with E-state index in [1.165, 1.54) is 7.11 Å². The molecule has 0 unspecified atom stereocenters. The molecule has 0 bridgehead atoms. The first-order valence-corrected chi connectivity index (χ1v) is 12.5. The summed E-state index contributed by atoms with van der Waals surface area (Å²) in [4.78, 5) is 28.2. The van der Waals surface area contributed by atoms with Gasteiger partial charge in [0.05, 0.1) is 32.3 Å². The van der Waals surface area contributed by atoms with Gasteiger partial charge in [0.15, 0.2) is 11.5 Å². The quantitative estimate of drug-likeness (QED) is 0.369. The second-order valence-corrected chi connectivity index (χ2v) is 9.61. The maximum absolute atomic E-state index is 13.3. The van der Waals surface area contributed by atoms with Crippen LogP contribution in [0, 0.1) is 5.92 Å². The van der Waals surface area contributed by atoms with E-state index in [-0.39, 0.29) is 31.6 Å². The lowest BCUT2D eigenvalue weighted by Gasteiger charge is -2.41. The zero-order chi connectivity index (χ0) is 25.1. The number of benzene rings is 1. The van der Waals surface area contributed by atoms with E-state index in [0.29, 0.717) is 47.1 Å². The SMILES string of the molecule is CCCCC(=O)N(CC1CC1)[C@@H]1C=C(C(=O)NCCO)[C@@H]2c3cc(CO)cc(OC)c3O[C@@H]2[C@H]1O. The van der Waals surface area contributed by atoms with Crippen molar-refractivity contribution in [1.29, 1.82) is 0 Å². The molecular formula is C26H36N2O7. The van der Waals surface area contributed by atoms with Gasteiger partial charge in [0, 0.05) is 30.6 Å². The number of methoxy groups -OCH3 is 1. The molecule has 0 radical (unpaired) electrons. The summed E-state index contributed by atoms with van der Waals surface area (Å²) >= 11 is 0. The standard InChI is InChI=1S/C26H36N2O7/c1-3-4-5-21(31)28(13-15-6-7-15)19-12-18(26(33)27-8-9-29)22-17-10-16(14-30)11-20(34-2)24(17)35-25(22)23(19)32/h10-12,15,19,22-23,25,29-30,32H,3-9,13-14H2,1-2H3,(H,27,33)/t19-,22+,23+,25+/m1/s1. The molecule has 9 nitrogen and oxygen atoms in total. The summed E-state index contributed by atoms with van der Waals surface area (Å²) in [6.45, 7) is 2.21. The number of rotatable bonds is 11. The third-order valence-corrected chi connectivity index (χ3v) is 7.07. The monoisotopic (exact) mass is 488 g/mol. The van der Waals surface area contributed by atoms with Crippen LogP contribution in [0.25, 0.3) is 0 Å². The molecule has 1 saturated carbocycles. The smallest absolute Gasteiger partial charge is 0.247 e. The molecular weight excluding hydrogens is 452 g/mol. The van der Waals surface area contributed by atoms with Crippen LogP contribution in [-0.2, 0) is 16.2 Å². The van der Waals surface area contributed by atoms with E-state index in [9.17, 15) is 24.9 Å². The fraction of sp³-hybridized carbons (Fsp3) is 0.615. The molecule has 9 heteroatoms. The summed E-state index contributed by atoms with van der Waals surface area (Å²) < 4.78 is 11.7. The van der Waals surface area contributed by atoms with Gasteiger partial charge >= 0.3 is 0 Å². The van der Waals surface area contributed by atoms with E-state index in [1.54, 1.807) is 23.1 Å². The van der Waals surface area contributed by atoms with Gasteiger partial charge < -0.3 is 35.0 Å². The molecule has 4 rings (SSSR count). The van der Waals surface area contributed by atoms with E-state index in [4.69, 9.17) is 9.47 Å². The Bertz CT molecular complexity index is 975. The molecule has 2 aliphatic carbocycles. The first-order chi connectivity index (χ1) is 16.9. The molecule has 0 saturated heterocycles. The number of fused-ring (bicyclic) bond motifs is 3. The predicted octanol–water partition coefficient (Wildman–Crippen LogP) is 1.24. The molecule has 3 aliphatic rings. The zero-order valence-corrected chi connectivity index (χ0v) is 20.4. The summed E-state index contributed by atoms with van der Waals surface area (Å²) in [5, 5.41) is 33.2. The maximum Gasteiger partial charge on any atom is 0.247 e. The minimum absolute atomic E-state index is 0.0386. The van der Waals surface area contributed by atoms with Gasteiger partial charge in [0.25, 0.3) is 0 Å². The van der Waals surface area contributed by atoms with Crippen molar-refractivity contribution in [2.75, 3.05) is 26.8 Å². The first-order valence-electron chi connectivity index (χ1n) is 12.5. The third kappa shape index (κ3) is 5.17. The number of ether oxygens (including phenoxy) is 2. The average Bonchev–Trinajstić information content (AvgIpc) is 3.61. The molecule has 1 fully saturated rings. The number of nitrogens with one attached hydrogen (secondary N) is 1. The van der Waals surface area contributed by atoms with E-state index >= 15 is 0 Å². The summed E-state index contributed by atoms with van der Waals surface area (Å²) in [7, 11) is 1.50. The number of carbonyl (C=O) groups is 2. The second kappa shape index (κ2) is 11.0. The number of hydrogen-bond donors (Lipinski definition) is 4. The van der Waals surface area contributed by atoms with E-state index < -0.39 is 24.2 Å². The van der Waals surface area contributed by atoms with Gasteiger partial charge in [-0.25, -0.2) is 0 Å². The van der Waals surface area contributed by atoms with Crippen LogP contribution in [0.4, 0.5) is 0 Å². The highest BCUT2D eigenvalue weighted by Gasteiger charge is 2.51. The lowest BCUT2D eigenvalue weighted by atomic mass is 9.77. The van der Waals surface area contributed by atoms with E-state index in [2.05, 4.69) is 5.32 Å². The van der Waals surface area contributed by atoms with Gasteiger partial charge in [-0.15, -0.1) is 0 Å². The van der Waals surface area contributed by atoms with Crippen LogP contribution in [-0.4, -0.2) is 77.1 Å². The molecule has 1 aromatic rings. The average molecular weight is 489 g/mol. The molecule has 0 aromatic heterocycles. The zero-order valence-electron chi connectivity index (χ0n) is 20.4. The van der Waals surface area contributed by atoms with Crippen LogP contribution in [0.15, 0.2) is 23.8 Å². The van der Waals surface area contributed by atoms with Crippen LogP contribution >= 0.6 is 0 Å². The van der Waals surface area contributed by atoms with Crippen LogP contribution < -0.4 is 14.8 Å². The van der Waals surface area contributed by atoms with Crippen molar-refractivity contribution in [2.24, 2.45) is 5.92 Å². The Morgan fingerprint density at radius 2 is 2.03 bits per heavy atom. The Morgan fingerprint density at radius 3 is 2.66 bits per heavy atom. The lowest BCUT2D eigenvalue weighted by Crippen LogP contribution is -2.56. The number of hydrogen-bond acceptors (Lipinski definition) is 7. The van der Waals surface area contributed by atoms with Gasteiger partial charge in [0.2, 0.25) is 11.8 Å². The van der Waals surface area contributed by atoms with Crippen LogP contribution in [0.2, 0.25) is 0 Å². The minimum Gasteiger partial charge on any atom is -0.493 e. The lowest BCUT2D eigenvalue weighted by molar-refractivity contribution is -0.137. The van der Waals surface area contributed by atoms with E-state index in [0.717, 1.165) is 25.7 Å². The molecule has 192 valence electrons. The van der Waals surface area contributed by atoms with E-state index in [1.807, 2.05) is 6.92 Å². The fourth-order valence-corrected chi connectivity index (χ4v) is 5.06. The number of nitrogens with zero attached hydrogens (tertiary/aromatic N) is 1. The van der Waals surface area contributed by atoms with Crippen LogP contribution in [0.5, 0.6) is 11.5 Å². The number of carbonyl (C=O) groups excluding carboxylic acids is 2. The molecule has 1 aromatic carbocycles. The summed E-state index contributed by atoms with van der Waals surface area (Å²) in [5.74, 6) is 0.203. The van der Waals surface area contributed by atoms with Crippen molar-refractivity contribution in [2.45, 2.75) is 69.8 Å². The second-order valence-electron chi connectivity index (χ2n) is 9.61. The van der Waals surface area contributed by atoms with Crippen molar-refractivity contribution >= 4 is 11.8 Å². The van der Waals surface area contributed by atoms with Crippen molar-refractivity contribution in [3.63, 3.8) is 0 Å². The van der Waals surface area contributed by atoms with Gasteiger partial charge in [-0.2, -0.15) is 0 Å². The highest BCUT2D eigenvalue weighted by Crippen LogP contribution is 2.51. The predicted molar refractivity (Wildman–Crippen MR) is 128 cm³/mol. The normalized spacial score (nSPS) is 24.7. The maximum atomic E-state index is 13.3. The first kappa shape index (κ1) is 25.5. The largest absolute Gasteiger partial charge is 0.493 e. The summed E-state index contributed by atoms with van der Waals surface area (Å²) in [6.07, 6.45) is 3.94. The Balaban J connectivity index is 1.76. The Kier molecular flexibility index (Phi) is 7.98. The van der Waals surface area contributed by atoms with Crippen LogP contribution in [0.3, 0.4) is 0 Å². The van der Waals surface area contributed by atoms with Crippen molar-refractivity contribution in [1.82, 2.24) is 10.2 Å². The fourth-order valence-electron chi connectivity index (χ4n) is 5.06. The number of aliphatic hydroxyl groups excluding tert-OH is 3. The highest BCUT2D eigenvalue weighted by atomic mass is 16.5.